The summed E-state index contributed by atoms with van der Waals surface area (Å²) in [4.78, 5) is 0. The van der Waals surface area contributed by atoms with Gasteiger partial charge in [0.2, 0.25) is 0 Å². The molecule has 0 fully saturated rings. The maximum absolute atomic E-state index is 12.9. The third-order valence-electron chi connectivity index (χ3n) is 4.51. The van der Waals surface area contributed by atoms with E-state index in [0.29, 0.717) is 5.56 Å². The third kappa shape index (κ3) is 6.48. The maximum atomic E-state index is 12.9. The zero-order chi connectivity index (χ0) is 22.3. The summed E-state index contributed by atoms with van der Waals surface area (Å²) in [6.45, 7) is 3.74. The highest BCUT2D eigenvalue weighted by atomic mass is 19.4. The van der Waals surface area contributed by atoms with Crippen LogP contribution in [0.2, 0.25) is 0 Å². The van der Waals surface area contributed by atoms with Crippen LogP contribution in [0.1, 0.15) is 23.1 Å². The standard InChI is InChI=1S/C26H20F4O/c1-2-3-4-19-7-13-22(14-8-19)23-15-9-20(10-16-23)5-6-21-11-17-24(18-12-21)31-25(27)26(28,29)30/h2,7-18,25H,1,3-4H2. The van der Waals surface area contributed by atoms with Crippen molar-refractivity contribution in [3.63, 3.8) is 0 Å². The smallest absolute Gasteiger partial charge is 0.452 e. The molecule has 0 aliphatic rings. The number of allylic oxidation sites excluding steroid dienone is 1. The van der Waals surface area contributed by atoms with Gasteiger partial charge in [-0.05, 0) is 65.9 Å². The predicted octanol–water partition coefficient (Wildman–Crippen LogP) is 7.11. The van der Waals surface area contributed by atoms with Crippen LogP contribution in [0.4, 0.5) is 17.6 Å². The minimum Gasteiger partial charge on any atom is -0.452 e. The van der Waals surface area contributed by atoms with E-state index in [2.05, 4.69) is 47.4 Å². The van der Waals surface area contributed by atoms with Crippen molar-refractivity contribution in [2.45, 2.75) is 25.4 Å². The Hall–Kier alpha value is -3.52. The van der Waals surface area contributed by atoms with Crippen LogP contribution in [0.5, 0.6) is 5.75 Å². The molecule has 158 valence electrons. The molecular weight excluding hydrogens is 404 g/mol. The van der Waals surface area contributed by atoms with Gasteiger partial charge in [-0.1, -0.05) is 54.3 Å². The molecule has 0 aromatic heterocycles. The van der Waals surface area contributed by atoms with E-state index >= 15 is 0 Å². The van der Waals surface area contributed by atoms with Gasteiger partial charge in [-0.3, -0.25) is 0 Å². The van der Waals surface area contributed by atoms with Crippen LogP contribution in [0.3, 0.4) is 0 Å². The molecule has 3 aromatic rings. The second-order valence-corrected chi connectivity index (χ2v) is 6.85. The van der Waals surface area contributed by atoms with E-state index in [-0.39, 0.29) is 5.75 Å². The van der Waals surface area contributed by atoms with E-state index < -0.39 is 12.5 Å². The van der Waals surface area contributed by atoms with Crippen LogP contribution in [0.15, 0.2) is 85.5 Å². The molecule has 0 amide bonds. The lowest BCUT2D eigenvalue weighted by Gasteiger charge is -2.13. The van der Waals surface area contributed by atoms with Gasteiger partial charge in [0.05, 0.1) is 0 Å². The monoisotopic (exact) mass is 424 g/mol. The zero-order valence-corrected chi connectivity index (χ0v) is 16.6. The second-order valence-electron chi connectivity index (χ2n) is 6.85. The molecule has 0 radical (unpaired) electrons. The number of alkyl halides is 4. The van der Waals surface area contributed by atoms with E-state index in [9.17, 15) is 17.6 Å². The molecule has 0 saturated heterocycles. The van der Waals surface area contributed by atoms with Crippen molar-refractivity contribution < 1.29 is 22.3 Å². The highest BCUT2D eigenvalue weighted by Gasteiger charge is 2.42. The van der Waals surface area contributed by atoms with Crippen LogP contribution in [0.25, 0.3) is 11.1 Å². The number of halogens is 4. The van der Waals surface area contributed by atoms with Gasteiger partial charge in [0, 0.05) is 11.1 Å². The van der Waals surface area contributed by atoms with E-state index in [1.54, 1.807) is 0 Å². The van der Waals surface area contributed by atoms with Crippen molar-refractivity contribution in [3.8, 4) is 28.7 Å². The van der Waals surface area contributed by atoms with E-state index in [1.807, 2.05) is 30.3 Å². The molecule has 0 saturated carbocycles. The molecule has 0 spiro atoms. The molecule has 31 heavy (non-hydrogen) atoms. The molecule has 0 heterocycles. The molecule has 0 aliphatic heterocycles. The Balaban J connectivity index is 1.63. The van der Waals surface area contributed by atoms with Gasteiger partial charge in [-0.15, -0.1) is 6.58 Å². The fourth-order valence-corrected chi connectivity index (χ4v) is 2.83. The van der Waals surface area contributed by atoms with E-state index in [4.69, 9.17) is 0 Å². The average Bonchev–Trinajstić information content (AvgIpc) is 2.77. The first-order valence-electron chi connectivity index (χ1n) is 9.65. The fraction of sp³-hybridized carbons (Fsp3) is 0.154. The molecule has 0 aliphatic carbocycles. The summed E-state index contributed by atoms with van der Waals surface area (Å²) in [6.07, 6.45) is -4.58. The number of aryl methyl sites for hydroxylation is 1. The molecule has 1 nitrogen and oxygen atoms in total. The summed E-state index contributed by atoms with van der Waals surface area (Å²) in [5, 5.41) is 0. The summed E-state index contributed by atoms with van der Waals surface area (Å²) in [7, 11) is 0. The molecular formula is C26H20F4O. The van der Waals surface area contributed by atoms with Crippen LogP contribution in [0, 0.1) is 11.8 Å². The minimum absolute atomic E-state index is 0.213. The average molecular weight is 424 g/mol. The van der Waals surface area contributed by atoms with Gasteiger partial charge in [-0.25, -0.2) is 0 Å². The maximum Gasteiger partial charge on any atom is 0.457 e. The Morgan fingerprint density at radius 1 is 0.806 bits per heavy atom. The van der Waals surface area contributed by atoms with Crippen molar-refractivity contribution in [2.24, 2.45) is 0 Å². The number of hydrogen-bond acceptors (Lipinski definition) is 1. The van der Waals surface area contributed by atoms with Gasteiger partial charge < -0.3 is 4.74 Å². The van der Waals surface area contributed by atoms with Crippen LogP contribution >= 0.6 is 0 Å². The predicted molar refractivity (Wildman–Crippen MR) is 114 cm³/mol. The van der Waals surface area contributed by atoms with Gasteiger partial charge in [0.15, 0.2) is 0 Å². The van der Waals surface area contributed by atoms with E-state index in [1.165, 1.54) is 29.8 Å². The van der Waals surface area contributed by atoms with Crippen LogP contribution in [-0.2, 0) is 6.42 Å². The highest BCUT2D eigenvalue weighted by Crippen LogP contribution is 2.26. The van der Waals surface area contributed by atoms with Crippen molar-refractivity contribution in [3.05, 3.63) is 102 Å². The van der Waals surface area contributed by atoms with Crippen molar-refractivity contribution in [1.29, 1.82) is 0 Å². The Morgan fingerprint density at radius 2 is 1.29 bits per heavy atom. The van der Waals surface area contributed by atoms with Crippen molar-refractivity contribution >= 4 is 0 Å². The number of ether oxygens (including phenoxy) is 1. The summed E-state index contributed by atoms with van der Waals surface area (Å²) < 4.78 is 53.7. The molecule has 1 atom stereocenters. The first kappa shape index (κ1) is 22.2. The van der Waals surface area contributed by atoms with Gasteiger partial charge >= 0.3 is 12.5 Å². The first-order chi connectivity index (χ1) is 14.8. The summed E-state index contributed by atoms with van der Waals surface area (Å²) in [5.41, 5.74) is 4.83. The molecule has 5 heteroatoms. The largest absolute Gasteiger partial charge is 0.457 e. The molecule has 0 bridgehead atoms. The minimum atomic E-state index is -5.06. The highest BCUT2D eigenvalue weighted by molar-refractivity contribution is 5.64. The third-order valence-corrected chi connectivity index (χ3v) is 4.51. The summed E-state index contributed by atoms with van der Waals surface area (Å²) in [6, 6.07) is 21.6. The Morgan fingerprint density at radius 3 is 1.77 bits per heavy atom. The topological polar surface area (TPSA) is 9.23 Å². The van der Waals surface area contributed by atoms with Crippen molar-refractivity contribution in [2.75, 3.05) is 0 Å². The Bertz CT molecular complexity index is 1050. The van der Waals surface area contributed by atoms with Gasteiger partial charge in [-0.2, -0.15) is 17.6 Å². The fourth-order valence-electron chi connectivity index (χ4n) is 2.83. The lowest BCUT2D eigenvalue weighted by molar-refractivity contribution is -0.236. The van der Waals surface area contributed by atoms with Crippen LogP contribution < -0.4 is 4.74 Å². The SMILES string of the molecule is C=CCCc1ccc(-c2ccc(C#Cc3ccc(OC(F)C(F)(F)F)cc3)cc2)cc1. The molecule has 3 rings (SSSR count). The Kier molecular flexibility index (Phi) is 7.15. The number of rotatable bonds is 6. The quantitative estimate of drug-likeness (QED) is 0.233. The van der Waals surface area contributed by atoms with Crippen molar-refractivity contribution in [1.82, 2.24) is 0 Å². The summed E-state index contributed by atoms with van der Waals surface area (Å²) in [5.74, 6) is 5.72. The second kappa shape index (κ2) is 9.99. The van der Waals surface area contributed by atoms with Crippen LogP contribution in [-0.4, -0.2) is 12.5 Å². The first-order valence-corrected chi connectivity index (χ1v) is 9.65. The summed E-state index contributed by atoms with van der Waals surface area (Å²) >= 11 is 0. The lowest BCUT2D eigenvalue weighted by atomic mass is 10.0. The van der Waals surface area contributed by atoms with Gasteiger partial charge in [0.25, 0.3) is 0 Å². The van der Waals surface area contributed by atoms with Gasteiger partial charge in [0.1, 0.15) is 5.75 Å². The number of benzene rings is 3. The normalized spacial score (nSPS) is 11.9. The Labute approximate surface area is 179 Å². The number of hydrogen-bond donors (Lipinski definition) is 0. The molecule has 3 aromatic carbocycles. The zero-order valence-electron chi connectivity index (χ0n) is 16.6. The molecule has 1 unspecified atom stereocenters. The lowest BCUT2D eigenvalue weighted by Crippen LogP contribution is -2.29. The van der Waals surface area contributed by atoms with E-state index in [0.717, 1.165) is 29.5 Å². The molecule has 0 N–H and O–H groups in total.